The lowest BCUT2D eigenvalue weighted by molar-refractivity contribution is 0.395. The number of benzene rings is 2. The average molecular weight is 279 g/mol. The molecule has 5 nitrogen and oxygen atoms in total. The van der Waals surface area contributed by atoms with Gasteiger partial charge in [-0.05, 0) is 12.1 Å². The molecular formula is C16H13N3O2. The van der Waals surface area contributed by atoms with Crippen LogP contribution in [0, 0.1) is 22.7 Å². The van der Waals surface area contributed by atoms with Crippen LogP contribution in [-0.4, -0.2) is 14.2 Å². The third kappa shape index (κ3) is 3.05. The number of hydrogen-bond acceptors (Lipinski definition) is 5. The highest BCUT2D eigenvalue weighted by molar-refractivity contribution is 5.74. The summed E-state index contributed by atoms with van der Waals surface area (Å²) in [5, 5.41) is 21.4. The third-order valence-electron chi connectivity index (χ3n) is 2.93. The van der Waals surface area contributed by atoms with Gasteiger partial charge < -0.3 is 14.8 Å². The van der Waals surface area contributed by atoms with Crippen LogP contribution in [0.25, 0.3) is 0 Å². The molecule has 0 aliphatic carbocycles. The van der Waals surface area contributed by atoms with Crippen molar-refractivity contribution in [2.45, 2.75) is 0 Å². The minimum Gasteiger partial charge on any atom is -0.497 e. The maximum absolute atomic E-state index is 9.17. The number of nitrogens with one attached hydrogen (secondary N) is 1. The van der Waals surface area contributed by atoms with Crippen molar-refractivity contribution >= 4 is 11.4 Å². The lowest BCUT2D eigenvalue weighted by atomic mass is 10.1. The molecule has 0 unspecified atom stereocenters. The van der Waals surface area contributed by atoms with Gasteiger partial charge in [0.05, 0.1) is 31.0 Å². The van der Waals surface area contributed by atoms with Gasteiger partial charge >= 0.3 is 0 Å². The van der Waals surface area contributed by atoms with Crippen LogP contribution in [0.3, 0.4) is 0 Å². The van der Waals surface area contributed by atoms with Gasteiger partial charge in [0.25, 0.3) is 0 Å². The van der Waals surface area contributed by atoms with Crippen LogP contribution in [-0.2, 0) is 0 Å². The first-order valence-electron chi connectivity index (χ1n) is 6.15. The van der Waals surface area contributed by atoms with Crippen molar-refractivity contribution in [2.24, 2.45) is 0 Å². The molecule has 0 aliphatic heterocycles. The Balaban J connectivity index is 2.48. The fourth-order valence-corrected chi connectivity index (χ4v) is 1.90. The number of methoxy groups -OCH3 is 2. The lowest BCUT2D eigenvalue weighted by Crippen LogP contribution is -1.98. The average Bonchev–Trinajstić information content (AvgIpc) is 2.54. The molecule has 0 atom stereocenters. The molecule has 1 N–H and O–H groups in total. The van der Waals surface area contributed by atoms with E-state index < -0.39 is 0 Å². The SMILES string of the molecule is COc1cc(Nc2c(C#N)cccc2C#N)cc(OC)c1. The highest BCUT2D eigenvalue weighted by Crippen LogP contribution is 2.30. The van der Waals surface area contributed by atoms with Crippen LogP contribution in [0.15, 0.2) is 36.4 Å². The first-order valence-corrected chi connectivity index (χ1v) is 6.15. The van der Waals surface area contributed by atoms with Crippen molar-refractivity contribution in [3.63, 3.8) is 0 Å². The highest BCUT2D eigenvalue weighted by atomic mass is 16.5. The summed E-state index contributed by atoms with van der Waals surface area (Å²) in [6.45, 7) is 0. The Hall–Kier alpha value is -3.18. The van der Waals surface area contributed by atoms with Crippen molar-refractivity contribution in [3.05, 3.63) is 47.5 Å². The van der Waals surface area contributed by atoms with Gasteiger partial charge in [-0.15, -0.1) is 0 Å². The first kappa shape index (κ1) is 14.2. The number of hydrogen-bond donors (Lipinski definition) is 1. The Kier molecular flexibility index (Phi) is 4.28. The number of anilines is 2. The van der Waals surface area contributed by atoms with Crippen LogP contribution in [0.4, 0.5) is 11.4 Å². The van der Waals surface area contributed by atoms with Gasteiger partial charge in [0.15, 0.2) is 0 Å². The number of nitrogens with zero attached hydrogens (tertiary/aromatic N) is 2. The number of ether oxygens (including phenoxy) is 2. The van der Waals surface area contributed by atoms with E-state index in [4.69, 9.17) is 20.0 Å². The Labute approximate surface area is 123 Å². The minimum atomic E-state index is 0.399. The topological polar surface area (TPSA) is 78.1 Å². The summed E-state index contributed by atoms with van der Waals surface area (Å²) in [5.74, 6) is 1.23. The maximum Gasteiger partial charge on any atom is 0.124 e. The maximum atomic E-state index is 9.17. The number of rotatable bonds is 4. The Morgan fingerprint density at radius 3 is 1.86 bits per heavy atom. The summed E-state index contributed by atoms with van der Waals surface area (Å²) in [6, 6.07) is 14.4. The van der Waals surface area contributed by atoms with Crippen LogP contribution in [0.1, 0.15) is 11.1 Å². The fraction of sp³-hybridized carbons (Fsp3) is 0.125. The van der Waals surface area contributed by atoms with Crippen molar-refractivity contribution in [1.82, 2.24) is 0 Å². The van der Waals surface area contributed by atoms with Crippen LogP contribution >= 0.6 is 0 Å². The summed E-state index contributed by atoms with van der Waals surface area (Å²) in [7, 11) is 3.12. The molecule has 0 bridgehead atoms. The lowest BCUT2D eigenvalue weighted by Gasteiger charge is -2.12. The molecule has 2 rings (SSSR count). The van der Waals surface area contributed by atoms with Crippen molar-refractivity contribution < 1.29 is 9.47 Å². The zero-order chi connectivity index (χ0) is 15.2. The molecule has 0 aromatic heterocycles. The Bertz CT molecular complexity index is 688. The zero-order valence-corrected chi connectivity index (χ0v) is 11.7. The highest BCUT2D eigenvalue weighted by Gasteiger charge is 2.10. The smallest absolute Gasteiger partial charge is 0.124 e. The zero-order valence-electron chi connectivity index (χ0n) is 11.7. The van der Waals surface area contributed by atoms with E-state index in [0.29, 0.717) is 34.0 Å². The predicted molar refractivity (Wildman–Crippen MR) is 78.7 cm³/mol. The van der Waals surface area contributed by atoms with E-state index >= 15 is 0 Å². The summed E-state index contributed by atoms with van der Waals surface area (Å²) in [6.07, 6.45) is 0. The predicted octanol–water partition coefficient (Wildman–Crippen LogP) is 3.19. The number of para-hydroxylation sites is 1. The molecule has 0 spiro atoms. The van der Waals surface area contributed by atoms with Crippen LogP contribution < -0.4 is 14.8 Å². The second-order valence-corrected chi connectivity index (χ2v) is 4.18. The fourth-order valence-electron chi connectivity index (χ4n) is 1.90. The van der Waals surface area contributed by atoms with Crippen molar-refractivity contribution in [3.8, 4) is 23.6 Å². The van der Waals surface area contributed by atoms with Gasteiger partial charge in [-0.25, -0.2) is 0 Å². The molecule has 0 radical (unpaired) electrons. The second-order valence-electron chi connectivity index (χ2n) is 4.18. The molecule has 2 aromatic carbocycles. The molecule has 104 valence electrons. The van der Waals surface area contributed by atoms with Crippen molar-refractivity contribution in [1.29, 1.82) is 10.5 Å². The minimum absolute atomic E-state index is 0.399. The Morgan fingerprint density at radius 2 is 1.43 bits per heavy atom. The molecular weight excluding hydrogens is 266 g/mol. The van der Waals surface area contributed by atoms with Gasteiger partial charge in [-0.3, -0.25) is 0 Å². The van der Waals surface area contributed by atoms with E-state index in [1.807, 2.05) is 0 Å². The summed E-state index contributed by atoms with van der Waals surface area (Å²) in [4.78, 5) is 0. The molecule has 0 amide bonds. The molecule has 0 saturated carbocycles. The van der Waals surface area contributed by atoms with E-state index in [1.54, 1.807) is 50.6 Å². The van der Waals surface area contributed by atoms with E-state index in [2.05, 4.69) is 17.5 Å². The Morgan fingerprint density at radius 1 is 0.905 bits per heavy atom. The van der Waals surface area contributed by atoms with E-state index in [9.17, 15) is 0 Å². The normalized spacial score (nSPS) is 9.33. The molecule has 0 aliphatic rings. The quantitative estimate of drug-likeness (QED) is 0.929. The largest absolute Gasteiger partial charge is 0.497 e. The molecule has 5 heteroatoms. The summed E-state index contributed by atoms with van der Waals surface area (Å²) in [5.41, 5.74) is 1.94. The summed E-state index contributed by atoms with van der Waals surface area (Å²) < 4.78 is 10.4. The second kappa shape index (κ2) is 6.31. The van der Waals surface area contributed by atoms with E-state index in [-0.39, 0.29) is 0 Å². The monoisotopic (exact) mass is 279 g/mol. The van der Waals surface area contributed by atoms with Crippen molar-refractivity contribution in [2.75, 3.05) is 19.5 Å². The van der Waals surface area contributed by atoms with E-state index in [1.165, 1.54) is 0 Å². The summed E-state index contributed by atoms with van der Waals surface area (Å²) >= 11 is 0. The first-order chi connectivity index (χ1) is 10.2. The van der Waals surface area contributed by atoms with Gasteiger partial charge in [-0.1, -0.05) is 6.07 Å². The molecule has 2 aromatic rings. The molecule has 0 saturated heterocycles. The van der Waals surface area contributed by atoms with Gasteiger partial charge in [0.2, 0.25) is 0 Å². The van der Waals surface area contributed by atoms with Crippen LogP contribution in [0.5, 0.6) is 11.5 Å². The third-order valence-corrected chi connectivity index (χ3v) is 2.93. The van der Waals surface area contributed by atoms with Gasteiger partial charge in [0, 0.05) is 23.9 Å². The standard InChI is InChI=1S/C16H13N3O2/c1-20-14-6-13(7-15(8-14)21-2)19-16-11(9-17)4-3-5-12(16)10-18/h3-8,19H,1-2H3. The van der Waals surface area contributed by atoms with E-state index in [0.717, 1.165) is 0 Å². The molecule has 0 fully saturated rings. The van der Waals surface area contributed by atoms with Gasteiger partial charge in [0.1, 0.15) is 23.6 Å². The van der Waals surface area contributed by atoms with Gasteiger partial charge in [-0.2, -0.15) is 10.5 Å². The molecule has 0 heterocycles. The van der Waals surface area contributed by atoms with Crippen LogP contribution in [0.2, 0.25) is 0 Å². The number of nitriles is 2. The molecule has 21 heavy (non-hydrogen) atoms.